The number of fused-ring (bicyclic) bond motifs is 1. The van der Waals surface area contributed by atoms with Crippen molar-refractivity contribution in [2.24, 2.45) is 13.0 Å². The zero-order valence-electron chi connectivity index (χ0n) is 11.5. The number of amides is 1. The molecule has 0 aliphatic carbocycles. The number of carbonyl (C=O) groups excluding carboxylic acids is 1. The van der Waals surface area contributed by atoms with Crippen molar-refractivity contribution >= 4 is 11.9 Å². The van der Waals surface area contributed by atoms with Crippen molar-refractivity contribution in [1.82, 2.24) is 14.7 Å². The Balaban J connectivity index is 2.23. The van der Waals surface area contributed by atoms with Crippen LogP contribution < -0.4 is 0 Å². The molecule has 1 N–H and O–H groups in total. The number of carboxylic acids is 1. The van der Waals surface area contributed by atoms with Gasteiger partial charge >= 0.3 is 5.97 Å². The molecule has 0 spiro atoms. The van der Waals surface area contributed by atoms with E-state index in [1.165, 1.54) is 4.68 Å². The maximum absolute atomic E-state index is 12.1. The zero-order chi connectivity index (χ0) is 14.2. The molecule has 6 heteroatoms. The summed E-state index contributed by atoms with van der Waals surface area (Å²) in [6.45, 7) is 4.98. The number of aromatic nitrogens is 2. The van der Waals surface area contributed by atoms with Gasteiger partial charge in [-0.15, -0.1) is 0 Å². The lowest BCUT2D eigenvalue weighted by Gasteiger charge is -2.27. The summed E-state index contributed by atoms with van der Waals surface area (Å²) in [6, 6.07) is 0. The average Bonchev–Trinajstić information content (AvgIpc) is 2.62. The van der Waals surface area contributed by atoms with Crippen LogP contribution in [-0.4, -0.2) is 38.2 Å². The van der Waals surface area contributed by atoms with Crippen LogP contribution in [0.2, 0.25) is 0 Å². The molecule has 0 bridgehead atoms. The van der Waals surface area contributed by atoms with E-state index in [2.05, 4.69) is 5.10 Å². The van der Waals surface area contributed by atoms with E-state index in [4.69, 9.17) is 0 Å². The standard InChI is InChI=1S/C13H19N3O3/c1-8(2)6-11(17)16-5-4-10-9(7-16)12(13(18)19)15(3)14-10/h8H,4-7H2,1-3H3,(H,18,19). The Morgan fingerprint density at radius 2 is 2.11 bits per heavy atom. The minimum absolute atomic E-state index is 0.0841. The molecule has 1 aromatic rings. The summed E-state index contributed by atoms with van der Waals surface area (Å²) >= 11 is 0. The van der Waals surface area contributed by atoms with Gasteiger partial charge in [-0.3, -0.25) is 9.48 Å². The van der Waals surface area contributed by atoms with Crippen molar-refractivity contribution in [2.45, 2.75) is 33.2 Å². The second-order valence-corrected chi connectivity index (χ2v) is 5.37. The van der Waals surface area contributed by atoms with Crippen LogP contribution >= 0.6 is 0 Å². The molecule has 0 saturated carbocycles. The van der Waals surface area contributed by atoms with E-state index < -0.39 is 5.97 Å². The van der Waals surface area contributed by atoms with E-state index in [1.807, 2.05) is 13.8 Å². The summed E-state index contributed by atoms with van der Waals surface area (Å²) in [6.07, 6.45) is 1.12. The second kappa shape index (κ2) is 5.03. The largest absolute Gasteiger partial charge is 0.477 e. The molecule has 0 radical (unpaired) electrons. The van der Waals surface area contributed by atoms with Gasteiger partial charge in [0.15, 0.2) is 5.69 Å². The molecule has 0 atom stereocenters. The van der Waals surface area contributed by atoms with Gasteiger partial charge in [-0.05, 0) is 5.92 Å². The van der Waals surface area contributed by atoms with Crippen LogP contribution in [-0.2, 0) is 24.8 Å². The van der Waals surface area contributed by atoms with Gasteiger partial charge in [0.05, 0.1) is 5.69 Å². The first-order valence-electron chi connectivity index (χ1n) is 6.46. The molecule has 104 valence electrons. The minimum atomic E-state index is -0.991. The number of carbonyl (C=O) groups is 2. The van der Waals surface area contributed by atoms with Crippen molar-refractivity contribution in [3.63, 3.8) is 0 Å². The number of nitrogens with zero attached hydrogens (tertiary/aromatic N) is 3. The number of rotatable bonds is 3. The van der Waals surface area contributed by atoms with Crippen LogP contribution in [0, 0.1) is 5.92 Å². The molecule has 2 heterocycles. The van der Waals surface area contributed by atoms with E-state index in [1.54, 1.807) is 11.9 Å². The normalized spacial score (nSPS) is 14.6. The van der Waals surface area contributed by atoms with Crippen LogP contribution in [0.1, 0.15) is 42.0 Å². The van der Waals surface area contributed by atoms with Crippen LogP contribution in [0.3, 0.4) is 0 Å². The molecule has 0 saturated heterocycles. The number of hydrogen-bond acceptors (Lipinski definition) is 3. The molecule has 1 aliphatic rings. The molecule has 0 unspecified atom stereocenters. The fourth-order valence-corrected chi connectivity index (χ4v) is 2.46. The molecule has 6 nitrogen and oxygen atoms in total. The summed E-state index contributed by atoms with van der Waals surface area (Å²) < 4.78 is 1.39. The smallest absolute Gasteiger partial charge is 0.354 e. The third-order valence-electron chi connectivity index (χ3n) is 3.33. The Hall–Kier alpha value is -1.85. The van der Waals surface area contributed by atoms with Crippen LogP contribution in [0.25, 0.3) is 0 Å². The average molecular weight is 265 g/mol. The minimum Gasteiger partial charge on any atom is -0.477 e. The van der Waals surface area contributed by atoms with Gasteiger partial charge in [0.1, 0.15) is 0 Å². The maximum atomic E-state index is 12.1. The van der Waals surface area contributed by atoms with Crippen molar-refractivity contribution in [2.75, 3.05) is 6.54 Å². The highest BCUT2D eigenvalue weighted by Crippen LogP contribution is 2.23. The number of aryl methyl sites for hydroxylation is 1. The Labute approximate surface area is 112 Å². The van der Waals surface area contributed by atoms with E-state index in [9.17, 15) is 14.7 Å². The fraction of sp³-hybridized carbons (Fsp3) is 0.615. The molecule has 0 fully saturated rings. The van der Waals surface area contributed by atoms with E-state index in [0.29, 0.717) is 37.4 Å². The predicted molar refractivity (Wildman–Crippen MR) is 68.7 cm³/mol. The van der Waals surface area contributed by atoms with Crippen LogP contribution in [0.4, 0.5) is 0 Å². The maximum Gasteiger partial charge on any atom is 0.354 e. The SMILES string of the molecule is CC(C)CC(=O)N1CCc2nn(C)c(C(=O)O)c2C1. The van der Waals surface area contributed by atoms with Gasteiger partial charge in [0, 0.05) is 38.5 Å². The lowest BCUT2D eigenvalue weighted by molar-refractivity contribution is -0.132. The summed E-state index contributed by atoms with van der Waals surface area (Å²) in [7, 11) is 1.63. The molecule has 19 heavy (non-hydrogen) atoms. The first-order valence-corrected chi connectivity index (χ1v) is 6.46. The Bertz CT molecular complexity index is 519. The molecule has 2 rings (SSSR count). The Morgan fingerprint density at radius 3 is 2.68 bits per heavy atom. The summed E-state index contributed by atoms with van der Waals surface area (Å²) in [4.78, 5) is 25.0. The summed E-state index contributed by atoms with van der Waals surface area (Å²) in [5, 5.41) is 13.4. The second-order valence-electron chi connectivity index (χ2n) is 5.37. The van der Waals surface area contributed by atoms with Crippen molar-refractivity contribution in [3.8, 4) is 0 Å². The Morgan fingerprint density at radius 1 is 1.42 bits per heavy atom. The summed E-state index contributed by atoms with van der Waals surface area (Å²) in [5.74, 6) is -0.600. The molecule has 1 amide bonds. The first kappa shape index (κ1) is 13.6. The van der Waals surface area contributed by atoms with Crippen LogP contribution in [0.5, 0.6) is 0 Å². The van der Waals surface area contributed by atoms with Crippen molar-refractivity contribution in [3.05, 3.63) is 17.0 Å². The van der Waals surface area contributed by atoms with E-state index >= 15 is 0 Å². The lowest BCUT2D eigenvalue weighted by Crippen LogP contribution is -2.36. The molecular formula is C13H19N3O3. The van der Waals surface area contributed by atoms with Gasteiger partial charge < -0.3 is 10.0 Å². The highest BCUT2D eigenvalue weighted by atomic mass is 16.4. The topological polar surface area (TPSA) is 75.4 Å². The van der Waals surface area contributed by atoms with Crippen molar-refractivity contribution < 1.29 is 14.7 Å². The molecular weight excluding hydrogens is 246 g/mol. The van der Waals surface area contributed by atoms with Crippen LogP contribution in [0.15, 0.2) is 0 Å². The van der Waals surface area contributed by atoms with E-state index in [0.717, 1.165) is 5.69 Å². The zero-order valence-corrected chi connectivity index (χ0v) is 11.5. The fourth-order valence-electron chi connectivity index (χ4n) is 2.46. The number of aromatic carboxylic acids is 1. The third kappa shape index (κ3) is 2.62. The Kier molecular flexibility index (Phi) is 3.59. The van der Waals surface area contributed by atoms with Gasteiger partial charge in [-0.2, -0.15) is 5.10 Å². The van der Waals surface area contributed by atoms with Crippen molar-refractivity contribution in [1.29, 1.82) is 0 Å². The summed E-state index contributed by atoms with van der Waals surface area (Å²) in [5.41, 5.74) is 1.67. The highest BCUT2D eigenvalue weighted by molar-refractivity contribution is 5.88. The third-order valence-corrected chi connectivity index (χ3v) is 3.33. The predicted octanol–water partition coefficient (Wildman–Crippen LogP) is 1.05. The van der Waals surface area contributed by atoms with Gasteiger partial charge in [0.25, 0.3) is 0 Å². The number of hydrogen-bond donors (Lipinski definition) is 1. The molecule has 1 aromatic heterocycles. The molecule has 1 aliphatic heterocycles. The lowest BCUT2D eigenvalue weighted by atomic mass is 10.0. The molecule has 0 aromatic carbocycles. The van der Waals surface area contributed by atoms with E-state index in [-0.39, 0.29) is 11.6 Å². The first-order chi connectivity index (χ1) is 8.90. The van der Waals surface area contributed by atoms with Gasteiger partial charge in [-0.1, -0.05) is 13.8 Å². The van der Waals surface area contributed by atoms with Gasteiger partial charge in [-0.25, -0.2) is 4.79 Å². The quantitative estimate of drug-likeness (QED) is 0.886. The monoisotopic (exact) mass is 265 g/mol. The number of carboxylic acid groups (broad SMARTS) is 1. The highest BCUT2D eigenvalue weighted by Gasteiger charge is 2.29. The van der Waals surface area contributed by atoms with Gasteiger partial charge in [0.2, 0.25) is 5.91 Å².